The number of aryl methyl sites for hydroxylation is 1. The van der Waals surface area contributed by atoms with Crippen LogP contribution in [0.4, 0.5) is 5.82 Å². The van der Waals surface area contributed by atoms with Crippen LogP contribution in [-0.4, -0.2) is 24.3 Å². The average Bonchev–Trinajstić information content (AvgIpc) is 3.04. The van der Waals surface area contributed by atoms with E-state index in [0.29, 0.717) is 36.1 Å². The molecule has 1 aromatic heterocycles. The zero-order valence-corrected chi connectivity index (χ0v) is 13.8. The monoisotopic (exact) mass is 338 g/mol. The second-order valence-electron chi connectivity index (χ2n) is 5.28. The van der Waals surface area contributed by atoms with Crippen LogP contribution in [0.3, 0.4) is 0 Å². The molecule has 0 aliphatic carbocycles. The minimum absolute atomic E-state index is 0.312. The second-order valence-corrected chi connectivity index (χ2v) is 5.28. The van der Waals surface area contributed by atoms with Crippen LogP contribution < -0.4 is 14.8 Å². The molecule has 0 saturated heterocycles. The number of para-hydroxylation sites is 2. The molecule has 1 N–H and O–H groups in total. The van der Waals surface area contributed by atoms with E-state index >= 15 is 0 Å². The van der Waals surface area contributed by atoms with Crippen molar-refractivity contribution in [2.45, 2.75) is 6.92 Å². The SMILES string of the molecule is Cc1cc(NC(=O)c2ccccc2OCCOc2ccccc2)no1. The average molecular weight is 338 g/mol. The van der Waals surface area contributed by atoms with Crippen molar-refractivity contribution in [3.05, 3.63) is 72.0 Å². The first-order chi connectivity index (χ1) is 12.2. The van der Waals surface area contributed by atoms with Crippen molar-refractivity contribution in [3.63, 3.8) is 0 Å². The van der Waals surface area contributed by atoms with Crippen LogP contribution in [-0.2, 0) is 0 Å². The molecule has 0 bridgehead atoms. The van der Waals surface area contributed by atoms with Gasteiger partial charge in [0.2, 0.25) is 0 Å². The molecular weight excluding hydrogens is 320 g/mol. The number of hydrogen-bond acceptors (Lipinski definition) is 5. The summed E-state index contributed by atoms with van der Waals surface area (Å²) in [6, 6.07) is 18.1. The third-order valence-electron chi connectivity index (χ3n) is 3.35. The standard InChI is InChI=1S/C19H18N2O4/c1-14-13-18(21-25-14)20-19(22)16-9-5-6-10-17(16)24-12-11-23-15-7-3-2-4-8-15/h2-10,13H,11-12H2,1H3,(H,20,21,22). The maximum Gasteiger partial charge on any atom is 0.260 e. The van der Waals surface area contributed by atoms with E-state index in [2.05, 4.69) is 10.5 Å². The summed E-state index contributed by atoms with van der Waals surface area (Å²) in [4.78, 5) is 12.4. The summed E-state index contributed by atoms with van der Waals surface area (Å²) in [6.07, 6.45) is 0. The second kappa shape index (κ2) is 8.01. The molecule has 6 heteroatoms. The Kier molecular flexibility index (Phi) is 5.31. The van der Waals surface area contributed by atoms with Crippen LogP contribution in [0.1, 0.15) is 16.1 Å². The van der Waals surface area contributed by atoms with Gasteiger partial charge < -0.3 is 19.3 Å². The Morgan fingerprint density at radius 1 is 1.04 bits per heavy atom. The van der Waals surface area contributed by atoms with Crippen molar-refractivity contribution in [2.24, 2.45) is 0 Å². The maximum atomic E-state index is 12.4. The van der Waals surface area contributed by atoms with Gasteiger partial charge in [-0.1, -0.05) is 35.5 Å². The number of aromatic nitrogens is 1. The number of benzene rings is 2. The lowest BCUT2D eigenvalue weighted by atomic mass is 10.2. The lowest BCUT2D eigenvalue weighted by Crippen LogP contribution is -2.15. The van der Waals surface area contributed by atoms with Gasteiger partial charge in [-0.25, -0.2) is 0 Å². The van der Waals surface area contributed by atoms with E-state index in [-0.39, 0.29) is 5.91 Å². The number of nitrogens with one attached hydrogen (secondary N) is 1. The zero-order valence-electron chi connectivity index (χ0n) is 13.8. The lowest BCUT2D eigenvalue weighted by Gasteiger charge is -2.11. The molecule has 0 unspecified atom stereocenters. The fraction of sp³-hybridized carbons (Fsp3) is 0.158. The van der Waals surface area contributed by atoms with Crippen molar-refractivity contribution in [1.82, 2.24) is 5.16 Å². The number of hydrogen-bond donors (Lipinski definition) is 1. The molecule has 0 radical (unpaired) electrons. The summed E-state index contributed by atoms with van der Waals surface area (Å²) in [5.74, 6) is 1.94. The number of carbonyl (C=O) groups is 1. The van der Waals surface area contributed by atoms with Crippen LogP contribution in [0, 0.1) is 6.92 Å². The number of carbonyl (C=O) groups excluding carboxylic acids is 1. The topological polar surface area (TPSA) is 73.6 Å². The van der Waals surface area contributed by atoms with Crippen LogP contribution in [0.2, 0.25) is 0 Å². The summed E-state index contributed by atoms with van der Waals surface area (Å²) in [7, 11) is 0. The van der Waals surface area contributed by atoms with E-state index in [1.807, 2.05) is 36.4 Å². The molecule has 3 aromatic rings. The highest BCUT2D eigenvalue weighted by Crippen LogP contribution is 2.20. The van der Waals surface area contributed by atoms with E-state index in [4.69, 9.17) is 14.0 Å². The number of nitrogens with zero attached hydrogens (tertiary/aromatic N) is 1. The van der Waals surface area contributed by atoms with Gasteiger partial charge >= 0.3 is 0 Å². The van der Waals surface area contributed by atoms with Crippen molar-refractivity contribution in [1.29, 1.82) is 0 Å². The first-order valence-corrected chi connectivity index (χ1v) is 7.87. The summed E-state index contributed by atoms with van der Waals surface area (Å²) in [6.45, 7) is 2.46. The van der Waals surface area contributed by atoms with Crippen molar-refractivity contribution < 1.29 is 18.8 Å². The fourth-order valence-corrected chi connectivity index (χ4v) is 2.22. The smallest absolute Gasteiger partial charge is 0.260 e. The molecule has 1 amide bonds. The predicted molar refractivity (Wildman–Crippen MR) is 93.1 cm³/mol. The highest BCUT2D eigenvalue weighted by Gasteiger charge is 2.14. The van der Waals surface area contributed by atoms with E-state index in [0.717, 1.165) is 5.75 Å². The number of rotatable bonds is 7. The Hall–Kier alpha value is -3.28. The lowest BCUT2D eigenvalue weighted by molar-refractivity contribution is 0.102. The van der Waals surface area contributed by atoms with Gasteiger partial charge in [0, 0.05) is 6.07 Å². The van der Waals surface area contributed by atoms with Crippen LogP contribution in [0.5, 0.6) is 11.5 Å². The van der Waals surface area contributed by atoms with E-state index < -0.39 is 0 Å². The minimum Gasteiger partial charge on any atom is -0.490 e. The first kappa shape index (κ1) is 16.6. The number of anilines is 1. The van der Waals surface area contributed by atoms with Crippen LogP contribution in [0.25, 0.3) is 0 Å². The van der Waals surface area contributed by atoms with Gasteiger partial charge in [-0.05, 0) is 31.2 Å². The molecule has 6 nitrogen and oxygen atoms in total. The van der Waals surface area contributed by atoms with Crippen molar-refractivity contribution in [2.75, 3.05) is 18.5 Å². The van der Waals surface area contributed by atoms with Crippen molar-refractivity contribution >= 4 is 11.7 Å². The Bertz CT molecular complexity index is 830. The molecule has 3 rings (SSSR count). The van der Waals surface area contributed by atoms with Gasteiger partial charge in [0.05, 0.1) is 5.56 Å². The van der Waals surface area contributed by atoms with E-state index in [1.54, 1.807) is 31.2 Å². The van der Waals surface area contributed by atoms with Gasteiger partial charge in [-0.2, -0.15) is 0 Å². The molecule has 0 fully saturated rings. The molecule has 0 saturated carbocycles. The zero-order chi connectivity index (χ0) is 17.5. The fourth-order valence-electron chi connectivity index (χ4n) is 2.22. The molecule has 0 atom stereocenters. The van der Waals surface area contributed by atoms with Crippen molar-refractivity contribution in [3.8, 4) is 11.5 Å². The molecular formula is C19H18N2O4. The van der Waals surface area contributed by atoms with Gasteiger partial charge in [0.1, 0.15) is 30.5 Å². The molecule has 0 aliphatic rings. The highest BCUT2D eigenvalue weighted by molar-refractivity contribution is 6.05. The Balaban J connectivity index is 1.57. The summed E-state index contributed by atoms with van der Waals surface area (Å²) >= 11 is 0. The molecule has 1 heterocycles. The summed E-state index contributed by atoms with van der Waals surface area (Å²) in [5, 5.41) is 6.43. The molecule has 0 aliphatic heterocycles. The third-order valence-corrected chi connectivity index (χ3v) is 3.35. The molecule has 25 heavy (non-hydrogen) atoms. The largest absolute Gasteiger partial charge is 0.490 e. The summed E-state index contributed by atoms with van der Waals surface area (Å²) in [5.41, 5.74) is 0.419. The number of ether oxygens (including phenoxy) is 2. The minimum atomic E-state index is -0.312. The quantitative estimate of drug-likeness (QED) is 0.665. The maximum absolute atomic E-state index is 12.4. The van der Waals surface area contributed by atoms with E-state index in [9.17, 15) is 4.79 Å². The van der Waals surface area contributed by atoms with Crippen LogP contribution >= 0.6 is 0 Å². The molecule has 0 spiro atoms. The Morgan fingerprint density at radius 3 is 2.52 bits per heavy atom. The highest BCUT2D eigenvalue weighted by atomic mass is 16.5. The van der Waals surface area contributed by atoms with Crippen LogP contribution in [0.15, 0.2) is 65.2 Å². The summed E-state index contributed by atoms with van der Waals surface area (Å²) < 4.78 is 16.2. The normalized spacial score (nSPS) is 10.3. The van der Waals surface area contributed by atoms with Gasteiger partial charge in [-0.15, -0.1) is 0 Å². The van der Waals surface area contributed by atoms with Gasteiger partial charge in [0.15, 0.2) is 5.82 Å². The Morgan fingerprint density at radius 2 is 1.76 bits per heavy atom. The van der Waals surface area contributed by atoms with Gasteiger partial charge in [-0.3, -0.25) is 4.79 Å². The Labute approximate surface area is 145 Å². The predicted octanol–water partition coefficient (Wildman–Crippen LogP) is 3.69. The molecule has 128 valence electrons. The van der Waals surface area contributed by atoms with E-state index in [1.165, 1.54) is 0 Å². The molecule has 2 aromatic carbocycles. The first-order valence-electron chi connectivity index (χ1n) is 7.87. The van der Waals surface area contributed by atoms with Gasteiger partial charge in [0.25, 0.3) is 5.91 Å². The third kappa shape index (κ3) is 4.60. The number of amides is 1.